The first-order chi connectivity index (χ1) is 6.48. The number of rotatable bonds is 2. The Bertz CT molecular complexity index is 333. The molecule has 0 amide bonds. The Hall–Kier alpha value is -0.640. The molecule has 1 unspecified atom stereocenters. The van der Waals surface area contributed by atoms with E-state index in [2.05, 4.69) is 5.32 Å². The fraction of sp³-hybridized carbons (Fsp3) is 0.875. The highest BCUT2D eigenvalue weighted by molar-refractivity contribution is 7.89. The standard InChI is InChI=1S/C8H15N3O2S/c1-7-6-11(4-3-10-7)14(12,13)8(2)5-9/h7-8,10H,3-4,6H2,1-2H3/t7-,8?/m0/s1. The number of nitrogens with zero attached hydrogens (tertiary/aromatic N) is 2. The highest BCUT2D eigenvalue weighted by Crippen LogP contribution is 2.11. The summed E-state index contributed by atoms with van der Waals surface area (Å²) < 4.78 is 24.9. The van der Waals surface area contributed by atoms with Crippen LogP contribution in [0, 0.1) is 11.3 Å². The minimum atomic E-state index is -3.41. The third kappa shape index (κ3) is 2.23. The molecule has 1 heterocycles. The van der Waals surface area contributed by atoms with Crippen LogP contribution in [0.5, 0.6) is 0 Å². The zero-order valence-electron chi connectivity index (χ0n) is 8.40. The van der Waals surface area contributed by atoms with E-state index in [0.717, 1.165) is 0 Å². The molecule has 6 heteroatoms. The molecular weight excluding hydrogens is 202 g/mol. The van der Waals surface area contributed by atoms with Gasteiger partial charge < -0.3 is 5.32 Å². The molecule has 1 aliphatic heterocycles. The third-order valence-corrected chi connectivity index (χ3v) is 4.37. The topological polar surface area (TPSA) is 73.2 Å². The number of hydrogen-bond acceptors (Lipinski definition) is 4. The van der Waals surface area contributed by atoms with E-state index in [1.165, 1.54) is 11.2 Å². The van der Waals surface area contributed by atoms with Gasteiger partial charge >= 0.3 is 0 Å². The molecule has 5 nitrogen and oxygen atoms in total. The summed E-state index contributed by atoms with van der Waals surface area (Å²) in [5.41, 5.74) is 0. The van der Waals surface area contributed by atoms with Gasteiger partial charge in [0.25, 0.3) is 0 Å². The Kier molecular flexibility index (Phi) is 3.48. The Labute approximate surface area is 84.8 Å². The lowest BCUT2D eigenvalue weighted by atomic mass is 10.3. The van der Waals surface area contributed by atoms with Crippen molar-refractivity contribution in [1.29, 1.82) is 5.26 Å². The molecule has 1 aliphatic rings. The molecule has 1 N–H and O–H groups in total. The first-order valence-corrected chi connectivity index (χ1v) is 6.10. The maximum Gasteiger partial charge on any atom is 0.230 e. The van der Waals surface area contributed by atoms with Gasteiger partial charge in [0.1, 0.15) is 0 Å². The van der Waals surface area contributed by atoms with Gasteiger partial charge in [-0.15, -0.1) is 0 Å². The minimum absolute atomic E-state index is 0.157. The quantitative estimate of drug-likeness (QED) is 0.678. The van der Waals surface area contributed by atoms with E-state index in [-0.39, 0.29) is 6.04 Å². The molecule has 1 rings (SSSR count). The van der Waals surface area contributed by atoms with Crippen molar-refractivity contribution < 1.29 is 8.42 Å². The molecule has 2 atom stereocenters. The van der Waals surface area contributed by atoms with E-state index >= 15 is 0 Å². The van der Waals surface area contributed by atoms with Crippen molar-refractivity contribution >= 4 is 10.0 Å². The average Bonchev–Trinajstić information content (AvgIpc) is 2.16. The third-order valence-electron chi connectivity index (χ3n) is 2.32. The molecular formula is C8H15N3O2S. The van der Waals surface area contributed by atoms with Crippen LogP contribution < -0.4 is 5.32 Å². The van der Waals surface area contributed by atoms with Gasteiger partial charge in [0.05, 0.1) is 6.07 Å². The zero-order chi connectivity index (χ0) is 10.8. The van der Waals surface area contributed by atoms with Crippen molar-refractivity contribution in [3.05, 3.63) is 0 Å². The van der Waals surface area contributed by atoms with Crippen LogP contribution in [0.1, 0.15) is 13.8 Å². The summed E-state index contributed by atoms with van der Waals surface area (Å²) in [6.07, 6.45) is 0. The van der Waals surface area contributed by atoms with Crippen LogP contribution in [-0.4, -0.2) is 43.6 Å². The van der Waals surface area contributed by atoms with Crippen LogP contribution in [0.15, 0.2) is 0 Å². The average molecular weight is 217 g/mol. The van der Waals surface area contributed by atoms with Crippen LogP contribution in [0.3, 0.4) is 0 Å². The van der Waals surface area contributed by atoms with Gasteiger partial charge in [-0.25, -0.2) is 8.42 Å². The molecule has 0 aliphatic carbocycles. The summed E-state index contributed by atoms with van der Waals surface area (Å²) in [6.45, 7) is 4.91. The van der Waals surface area contributed by atoms with E-state index in [1.54, 1.807) is 6.07 Å². The highest BCUT2D eigenvalue weighted by Gasteiger charge is 2.31. The predicted octanol–water partition coefficient (Wildman–Crippen LogP) is -0.478. The Morgan fingerprint density at radius 3 is 2.79 bits per heavy atom. The van der Waals surface area contributed by atoms with Crippen molar-refractivity contribution in [2.45, 2.75) is 25.1 Å². The van der Waals surface area contributed by atoms with E-state index in [4.69, 9.17) is 5.26 Å². The largest absolute Gasteiger partial charge is 0.312 e. The monoisotopic (exact) mass is 217 g/mol. The highest BCUT2D eigenvalue weighted by atomic mass is 32.2. The van der Waals surface area contributed by atoms with Crippen LogP contribution in [0.4, 0.5) is 0 Å². The summed E-state index contributed by atoms with van der Waals surface area (Å²) in [6, 6.07) is 1.92. The first kappa shape index (κ1) is 11.4. The van der Waals surface area contributed by atoms with Crippen LogP contribution >= 0.6 is 0 Å². The molecule has 0 aromatic carbocycles. The lowest BCUT2D eigenvalue weighted by Crippen LogP contribution is -2.52. The number of nitriles is 1. The van der Waals surface area contributed by atoms with Gasteiger partial charge in [-0.2, -0.15) is 9.57 Å². The Balaban J connectivity index is 2.78. The summed E-state index contributed by atoms with van der Waals surface area (Å²) in [4.78, 5) is 0. The van der Waals surface area contributed by atoms with Crippen molar-refractivity contribution in [1.82, 2.24) is 9.62 Å². The SMILES string of the molecule is CC(C#N)S(=O)(=O)N1CCN[C@@H](C)C1. The van der Waals surface area contributed by atoms with Crippen LogP contribution in [0.2, 0.25) is 0 Å². The van der Waals surface area contributed by atoms with Gasteiger partial charge in [-0.1, -0.05) is 0 Å². The van der Waals surface area contributed by atoms with Crippen molar-refractivity contribution in [2.75, 3.05) is 19.6 Å². The number of hydrogen-bond donors (Lipinski definition) is 1. The van der Waals surface area contributed by atoms with Gasteiger partial charge in [0.2, 0.25) is 10.0 Å². The second-order valence-electron chi connectivity index (χ2n) is 3.53. The summed E-state index contributed by atoms with van der Waals surface area (Å²) in [5.74, 6) is 0. The number of sulfonamides is 1. The summed E-state index contributed by atoms with van der Waals surface area (Å²) >= 11 is 0. The van der Waals surface area contributed by atoms with Gasteiger partial charge in [0.15, 0.2) is 5.25 Å². The zero-order valence-corrected chi connectivity index (χ0v) is 9.21. The van der Waals surface area contributed by atoms with Gasteiger partial charge in [-0.05, 0) is 13.8 Å². The summed E-state index contributed by atoms with van der Waals surface area (Å²) in [5, 5.41) is 10.8. The lowest BCUT2D eigenvalue weighted by molar-refractivity contribution is 0.309. The Morgan fingerprint density at radius 2 is 2.29 bits per heavy atom. The van der Waals surface area contributed by atoms with Crippen molar-refractivity contribution in [2.24, 2.45) is 0 Å². The molecule has 0 aromatic rings. The van der Waals surface area contributed by atoms with Crippen molar-refractivity contribution in [3.63, 3.8) is 0 Å². The molecule has 0 radical (unpaired) electrons. The fourth-order valence-electron chi connectivity index (χ4n) is 1.42. The fourth-order valence-corrected chi connectivity index (χ4v) is 2.78. The smallest absolute Gasteiger partial charge is 0.230 e. The van der Waals surface area contributed by atoms with Crippen LogP contribution in [0.25, 0.3) is 0 Å². The number of nitrogens with one attached hydrogen (secondary N) is 1. The maximum atomic E-state index is 11.7. The van der Waals surface area contributed by atoms with E-state index < -0.39 is 15.3 Å². The molecule has 0 bridgehead atoms. The molecule has 14 heavy (non-hydrogen) atoms. The van der Waals surface area contributed by atoms with E-state index in [9.17, 15) is 8.42 Å². The Morgan fingerprint density at radius 1 is 1.64 bits per heavy atom. The second-order valence-corrected chi connectivity index (χ2v) is 5.78. The van der Waals surface area contributed by atoms with E-state index in [1.807, 2.05) is 6.92 Å². The lowest BCUT2D eigenvalue weighted by Gasteiger charge is -2.31. The second kappa shape index (κ2) is 4.26. The number of piperazine rings is 1. The molecule has 0 spiro atoms. The molecule has 0 aromatic heterocycles. The molecule has 80 valence electrons. The van der Waals surface area contributed by atoms with Gasteiger partial charge in [-0.3, -0.25) is 0 Å². The molecule has 1 saturated heterocycles. The molecule has 1 fully saturated rings. The van der Waals surface area contributed by atoms with Crippen LogP contribution in [-0.2, 0) is 10.0 Å². The summed E-state index contributed by atoms with van der Waals surface area (Å²) in [7, 11) is -3.41. The van der Waals surface area contributed by atoms with Crippen molar-refractivity contribution in [3.8, 4) is 6.07 Å². The predicted molar refractivity (Wildman–Crippen MR) is 53.0 cm³/mol. The van der Waals surface area contributed by atoms with E-state index in [0.29, 0.717) is 19.6 Å². The first-order valence-electron chi connectivity index (χ1n) is 4.60. The minimum Gasteiger partial charge on any atom is -0.312 e. The maximum absolute atomic E-state index is 11.7. The van der Waals surface area contributed by atoms with Gasteiger partial charge in [0, 0.05) is 25.7 Å². The normalized spacial score (nSPS) is 26.8. The molecule has 0 saturated carbocycles.